The molecule has 0 bridgehead atoms. The van der Waals surface area contributed by atoms with Gasteiger partial charge in [0.05, 0.1) is 0 Å². The van der Waals surface area contributed by atoms with E-state index in [-0.39, 0.29) is 66.3 Å². The summed E-state index contributed by atoms with van der Waals surface area (Å²) in [5.74, 6) is 0. The van der Waals surface area contributed by atoms with Gasteiger partial charge in [-0.3, -0.25) is 0 Å². The fourth-order valence-corrected chi connectivity index (χ4v) is 3.42. The first-order valence-electron chi connectivity index (χ1n) is 5.91. The molecule has 7 heteroatoms. The smallest absolute Gasteiger partial charge is 1.00 e. The molecule has 0 heterocycles. The van der Waals surface area contributed by atoms with Gasteiger partial charge in [0.15, 0.2) is 0 Å². The molecule has 1 nitrogen and oxygen atoms in total. The molecule has 0 spiro atoms. The molecule has 0 atom stereocenters. The van der Waals surface area contributed by atoms with E-state index in [9.17, 15) is 12.9 Å². The minimum Gasteiger partial charge on any atom is 1.00 e. The SMILES string of the molecule is N#Cc1ccc(C[Se]c2ccc([B-](F)(F)F)cc2)cc1.[K+]. The van der Waals surface area contributed by atoms with Crippen LogP contribution in [0.2, 0.25) is 0 Å². The Bertz CT molecular complexity index is 621. The van der Waals surface area contributed by atoms with Crippen LogP contribution in [0.4, 0.5) is 12.9 Å². The number of benzene rings is 2. The van der Waals surface area contributed by atoms with E-state index in [0.29, 0.717) is 5.56 Å². The van der Waals surface area contributed by atoms with Crippen LogP contribution in [0.3, 0.4) is 0 Å². The molecule has 2 rings (SSSR count). The van der Waals surface area contributed by atoms with Crippen molar-refractivity contribution >= 4 is 31.9 Å². The first-order chi connectivity index (χ1) is 9.49. The molecule has 0 saturated carbocycles. The van der Waals surface area contributed by atoms with E-state index >= 15 is 0 Å². The van der Waals surface area contributed by atoms with Gasteiger partial charge < -0.3 is 0 Å². The zero-order valence-electron chi connectivity index (χ0n) is 11.4. The number of rotatable bonds is 4. The molecule has 0 unspecified atom stereocenters. The van der Waals surface area contributed by atoms with Crippen molar-refractivity contribution in [2.75, 3.05) is 0 Å². The summed E-state index contributed by atoms with van der Waals surface area (Å²) < 4.78 is 38.4. The van der Waals surface area contributed by atoms with Crippen molar-refractivity contribution in [1.82, 2.24) is 0 Å². The van der Waals surface area contributed by atoms with Crippen molar-refractivity contribution in [3.8, 4) is 6.07 Å². The molecule has 0 amide bonds. The minimum atomic E-state index is -4.91. The van der Waals surface area contributed by atoms with Crippen LogP contribution < -0.4 is 61.3 Å². The van der Waals surface area contributed by atoms with Crippen molar-refractivity contribution in [3.05, 3.63) is 59.7 Å². The van der Waals surface area contributed by atoms with Gasteiger partial charge in [0.1, 0.15) is 0 Å². The van der Waals surface area contributed by atoms with E-state index < -0.39 is 12.4 Å². The number of nitriles is 1. The summed E-state index contributed by atoms with van der Waals surface area (Å²) in [6.07, 6.45) is 0. The maximum atomic E-state index is 12.5. The molecule has 2 aromatic carbocycles. The van der Waals surface area contributed by atoms with Gasteiger partial charge >= 0.3 is 172 Å². The molecule has 2 aromatic rings. The standard InChI is InChI=1S/C14H10BF3NSe.K/c16-15(17,18)13-5-7-14(8-6-13)20-10-12-3-1-11(9-19)2-4-12;/h1-8H,10H2;/q-1;+1. The van der Waals surface area contributed by atoms with Crippen molar-refractivity contribution < 1.29 is 64.3 Å². The van der Waals surface area contributed by atoms with E-state index in [1.807, 2.05) is 18.2 Å². The molecule has 0 radical (unpaired) electrons. The first kappa shape index (κ1) is 19.0. The molecule has 0 aliphatic rings. The Labute approximate surface area is 170 Å². The minimum absolute atomic E-state index is 0. The fourth-order valence-electron chi connectivity index (χ4n) is 1.62. The Morgan fingerprint density at radius 1 is 0.952 bits per heavy atom. The summed E-state index contributed by atoms with van der Waals surface area (Å²) in [5, 5.41) is 9.49. The third-order valence-corrected chi connectivity index (χ3v) is 5.02. The van der Waals surface area contributed by atoms with Gasteiger partial charge in [0.2, 0.25) is 0 Å². The predicted molar refractivity (Wildman–Crippen MR) is 75.4 cm³/mol. The Hall–Kier alpha value is -0.0592. The van der Waals surface area contributed by atoms with Crippen molar-refractivity contribution in [2.24, 2.45) is 0 Å². The van der Waals surface area contributed by atoms with Crippen LogP contribution in [0.1, 0.15) is 11.1 Å². The average Bonchev–Trinajstić information content (AvgIpc) is 2.45. The van der Waals surface area contributed by atoms with Gasteiger partial charge in [-0.2, -0.15) is 0 Å². The van der Waals surface area contributed by atoms with Gasteiger partial charge in [-0.25, -0.2) is 0 Å². The first-order valence-corrected chi connectivity index (χ1v) is 7.97. The fraction of sp³-hybridized carbons (Fsp3) is 0.0714. The molecular weight excluding hydrogens is 368 g/mol. The van der Waals surface area contributed by atoms with Crippen molar-refractivity contribution in [3.63, 3.8) is 0 Å². The summed E-state index contributed by atoms with van der Waals surface area (Å²) >= 11 is 0.0886. The average molecular weight is 378 g/mol. The topological polar surface area (TPSA) is 23.8 Å². The predicted octanol–water partition coefficient (Wildman–Crippen LogP) is -0.854. The van der Waals surface area contributed by atoms with Gasteiger partial charge in [0, 0.05) is 0 Å². The van der Waals surface area contributed by atoms with Crippen molar-refractivity contribution in [1.29, 1.82) is 5.26 Å². The maximum absolute atomic E-state index is 12.5. The van der Waals surface area contributed by atoms with E-state index in [0.717, 1.165) is 27.5 Å². The number of halogens is 3. The monoisotopic (exact) mass is 379 g/mol. The Morgan fingerprint density at radius 2 is 1.52 bits per heavy atom. The summed E-state index contributed by atoms with van der Waals surface area (Å²) in [7, 11) is 0. The Balaban J connectivity index is 0.00000220. The van der Waals surface area contributed by atoms with Crippen LogP contribution in [0, 0.1) is 11.3 Å². The molecule has 0 fully saturated rings. The third-order valence-electron chi connectivity index (χ3n) is 2.75. The van der Waals surface area contributed by atoms with E-state index in [1.165, 1.54) is 0 Å². The molecule has 0 aliphatic carbocycles. The summed E-state index contributed by atoms with van der Waals surface area (Å²) in [5.41, 5.74) is 1.15. The van der Waals surface area contributed by atoms with Gasteiger partial charge in [-0.05, 0) is 0 Å². The second kappa shape index (κ2) is 8.54. The molecule has 21 heavy (non-hydrogen) atoms. The largest absolute Gasteiger partial charge is 1.00 e. The summed E-state index contributed by atoms with van der Waals surface area (Å²) in [6.45, 7) is -4.91. The van der Waals surface area contributed by atoms with Crippen LogP contribution in [0.5, 0.6) is 0 Å². The Morgan fingerprint density at radius 3 is 2.00 bits per heavy atom. The molecule has 0 aliphatic heterocycles. The molecule has 0 N–H and O–H groups in total. The Kier molecular flexibility index (Phi) is 7.72. The summed E-state index contributed by atoms with van der Waals surface area (Å²) in [4.78, 5) is 0. The zero-order chi connectivity index (χ0) is 14.6. The maximum Gasteiger partial charge on any atom is 1.00 e. The van der Waals surface area contributed by atoms with Crippen LogP contribution in [-0.2, 0) is 5.32 Å². The summed E-state index contributed by atoms with van der Waals surface area (Å²) in [6, 6.07) is 14.7. The van der Waals surface area contributed by atoms with Gasteiger partial charge in [-0.15, -0.1) is 0 Å². The second-order valence-electron chi connectivity index (χ2n) is 4.24. The van der Waals surface area contributed by atoms with E-state index in [4.69, 9.17) is 5.26 Å². The molecule has 0 saturated heterocycles. The van der Waals surface area contributed by atoms with Gasteiger partial charge in [-0.1, -0.05) is 0 Å². The quantitative estimate of drug-likeness (QED) is 0.636. The van der Waals surface area contributed by atoms with Crippen LogP contribution in [0.25, 0.3) is 0 Å². The van der Waals surface area contributed by atoms with Crippen molar-refractivity contribution in [2.45, 2.75) is 5.32 Å². The number of nitrogens with zero attached hydrogens (tertiary/aromatic N) is 1. The third kappa shape index (κ3) is 5.92. The number of hydrogen-bond donors (Lipinski definition) is 0. The normalized spacial score (nSPS) is 10.6. The molecule has 102 valence electrons. The molecule has 0 aromatic heterocycles. The van der Waals surface area contributed by atoms with E-state index in [1.54, 1.807) is 24.3 Å². The second-order valence-corrected chi connectivity index (χ2v) is 6.44. The number of hydrogen-bond acceptors (Lipinski definition) is 1. The molecular formula is C14H10BF3KNSe. The zero-order valence-corrected chi connectivity index (χ0v) is 16.2. The van der Waals surface area contributed by atoms with Crippen LogP contribution in [-0.4, -0.2) is 21.9 Å². The van der Waals surface area contributed by atoms with Gasteiger partial charge in [0.25, 0.3) is 0 Å². The van der Waals surface area contributed by atoms with E-state index in [2.05, 4.69) is 0 Å². The van der Waals surface area contributed by atoms with Crippen LogP contribution in [0.15, 0.2) is 48.5 Å². The van der Waals surface area contributed by atoms with Crippen LogP contribution >= 0.6 is 0 Å².